The maximum absolute atomic E-state index is 15.4. The van der Waals surface area contributed by atoms with Gasteiger partial charge in [-0.3, -0.25) is 19.3 Å². The van der Waals surface area contributed by atoms with Gasteiger partial charge in [-0.1, -0.05) is 6.92 Å². The summed E-state index contributed by atoms with van der Waals surface area (Å²) in [5.74, 6) is -2.37. The number of hydrogen-bond donors (Lipinski definition) is 0. The maximum atomic E-state index is 15.4. The fourth-order valence-electron chi connectivity index (χ4n) is 5.03. The summed E-state index contributed by atoms with van der Waals surface area (Å²) in [5.41, 5.74) is -0.958. The lowest BCUT2D eigenvalue weighted by Crippen LogP contribution is -2.47. The fraction of sp³-hybridized carbons (Fsp3) is 0.625. The number of benzene rings is 1. The summed E-state index contributed by atoms with van der Waals surface area (Å²) in [6.45, 7) is 7.79. The Morgan fingerprint density at radius 3 is 2.56 bits per heavy atom. The topological polar surface area (TPSA) is 66.9 Å². The first-order valence-corrected chi connectivity index (χ1v) is 11.4. The number of hydrogen-bond acceptors (Lipinski definition) is 4. The third-order valence-corrected chi connectivity index (χ3v) is 6.79. The molecule has 6 nitrogen and oxygen atoms in total. The lowest BCUT2D eigenvalue weighted by atomic mass is 9.84. The summed E-state index contributed by atoms with van der Waals surface area (Å²) in [7, 11) is 0. The van der Waals surface area contributed by atoms with Crippen molar-refractivity contribution in [2.75, 3.05) is 24.6 Å². The van der Waals surface area contributed by atoms with Crippen molar-refractivity contribution in [2.24, 2.45) is 5.92 Å². The predicted octanol–water partition coefficient (Wildman–Crippen LogP) is 3.66. The summed E-state index contributed by atoms with van der Waals surface area (Å²) in [4.78, 5) is 41.0. The van der Waals surface area contributed by atoms with Crippen LogP contribution in [-0.2, 0) is 24.5 Å². The second-order valence-corrected chi connectivity index (χ2v) is 9.76. The molecule has 1 saturated heterocycles. The molecule has 0 aromatic heterocycles. The van der Waals surface area contributed by atoms with Crippen LogP contribution in [0, 0.1) is 17.6 Å². The Kier molecular flexibility index (Phi) is 5.75. The van der Waals surface area contributed by atoms with E-state index in [0.29, 0.717) is 31.7 Å². The molecule has 2 atom stereocenters. The van der Waals surface area contributed by atoms with Crippen molar-refractivity contribution >= 4 is 23.5 Å². The van der Waals surface area contributed by atoms with Gasteiger partial charge >= 0.3 is 5.97 Å². The lowest BCUT2D eigenvalue weighted by molar-refractivity contribution is -0.144. The van der Waals surface area contributed by atoms with Gasteiger partial charge in [0, 0.05) is 25.1 Å². The zero-order valence-corrected chi connectivity index (χ0v) is 19.0. The van der Waals surface area contributed by atoms with Gasteiger partial charge in [-0.05, 0) is 63.5 Å². The van der Waals surface area contributed by atoms with Gasteiger partial charge in [0.05, 0.1) is 17.7 Å². The smallest absolute Gasteiger partial charge is 0.306 e. The zero-order valence-electron chi connectivity index (χ0n) is 19.0. The van der Waals surface area contributed by atoms with Crippen LogP contribution in [0.1, 0.15) is 70.4 Å². The molecule has 1 saturated carbocycles. The van der Waals surface area contributed by atoms with E-state index in [9.17, 15) is 14.4 Å². The molecule has 1 aromatic carbocycles. The van der Waals surface area contributed by atoms with E-state index < -0.39 is 29.0 Å². The number of halogens is 2. The third-order valence-electron chi connectivity index (χ3n) is 6.79. The van der Waals surface area contributed by atoms with Gasteiger partial charge in [0.1, 0.15) is 17.7 Å². The molecule has 32 heavy (non-hydrogen) atoms. The van der Waals surface area contributed by atoms with Crippen LogP contribution in [0.25, 0.3) is 0 Å². The maximum Gasteiger partial charge on any atom is 0.306 e. The molecule has 3 aliphatic rings. The highest BCUT2D eigenvalue weighted by Crippen LogP contribution is 2.51. The molecular weight excluding hydrogens is 418 g/mol. The molecule has 0 spiro atoms. The molecule has 2 unspecified atom stereocenters. The van der Waals surface area contributed by atoms with Gasteiger partial charge in [-0.25, -0.2) is 8.78 Å². The number of nitrogens with zero attached hydrogens (tertiary/aromatic N) is 2. The van der Waals surface area contributed by atoms with E-state index in [1.807, 2.05) is 6.92 Å². The largest absolute Gasteiger partial charge is 0.466 e. The molecule has 0 radical (unpaired) electrons. The Balaban J connectivity index is 1.59. The average Bonchev–Trinajstić information content (AvgIpc) is 3.46. The highest BCUT2D eigenvalue weighted by atomic mass is 19.1. The molecule has 2 aliphatic heterocycles. The third kappa shape index (κ3) is 3.67. The first-order valence-electron chi connectivity index (χ1n) is 11.4. The van der Waals surface area contributed by atoms with Crippen molar-refractivity contribution in [2.45, 2.75) is 70.8 Å². The minimum absolute atomic E-state index is 0.000702. The van der Waals surface area contributed by atoms with Gasteiger partial charge in [-0.15, -0.1) is 0 Å². The van der Waals surface area contributed by atoms with Crippen LogP contribution in [0.4, 0.5) is 14.5 Å². The molecule has 0 N–H and O–H groups in total. The quantitative estimate of drug-likeness (QED) is 0.597. The molecule has 0 bridgehead atoms. The van der Waals surface area contributed by atoms with Crippen LogP contribution >= 0.6 is 0 Å². The number of amides is 2. The molecule has 2 amide bonds. The molecule has 1 aromatic rings. The minimum Gasteiger partial charge on any atom is -0.466 e. The van der Waals surface area contributed by atoms with Gasteiger partial charge in [0.15, 0.2) is 0 Å². The Morgan fingerprint density at radius 2 is 1.94 bits per heavy atom. The van der Waals surface area contributed by atoms with Crippen molar-refractivity contribution in [3.05, 3.63) is 28.8 Å². The number of esters is 1. The number of ether oxygens (including phenoxy) is 1. The molecule has 2 fully saturated rings. The van der Waals surface area contributed by atoms with Crippen molar-refractivity contribution in [3.63, 3.8) is 0 Å². The van der Waals surface area contributed by atoms with E-state index in [0.717, 1.165) is 12.8 Å². The van der Waals surface area contributed by atoms with E-state index in [1.165, 1.54) is 11.0 Å². The average molecular weight is 449 g/mol. The monoisotopic (exact) mass is 448 g/mol. The molecule has 8 heteroatoms. The predicted molar refractivity (Wildman–Crippen MR) is 114 cm³/mol. The Bertz CT molecular complexity index is 973. The molecule has 1 aliphatic carbocycles. The van der Waals surface area contributed by atoms with Crippen LogP contribution in [0.15, 0.2) is 6.07 Å². The SMILES string of the molecule is CCOC(=O)CC(C)CN1CCC(N2C(=O)C(C)(C)c3c(F)c(C4CC4)cc(F)c32)C1=O. The first kappa shape index (κ1) is 22.7. The van der Waals surface area contributed by atoms with Gasteiger partial charge in [-0.2, -0.15) is 0 Å². The number of rotatable bonds is 7. The van der Waals surface area contributed by atoms with Gasteiger partial charge in [0.25, 0.3) is 0 Å². The molecule has 174 valence electrons. The standard InChI is InChI=1S/C24H30F2N2O4/c1-5-32-18(29)10-13(2)12-27-9-8-17(22(27)30)28-21-16(25)11-15(14-6-7-14)20(26)19(21)24(3,4)23(28)31/h11,13-14,17H,5-10,12H2,1-4H3. The van der Waals surface area contributed by atoms with Crippen LogP contribution in [0.2, 0.25) is 0 Å². The highest BCUT2D eigenvalue weighted by molar-refractivity contribution is 6.12. The second-order valence-electron chi connectivity index (χ2n) is 9.76. The van der Waals surface area contributed by atoms with Gasteiger partial charge in [0.2, 0.25) is 11.8 Å². The van der Waals surface area contributed by atoms with Crippen LogP contribution in [0.3, 0.4) is 0 Å². The van der Waals surface area contributed by atoms with Crippen molar-refractivity contribution in [3.8, 4) is 0 Å². The number of fused-ring (bicyclic) bond motifs is 1. The summed E-state index contributed by atoms with van der Waals surface area (Å²) < 4.78 is 35.6. The Hall–Kier alpha value is -2.51. The molecule has 4 rings (SSSR count). The van der Waals surface area contributed by atoms with Crippen LogP contribution < -0.4 is 4.90 Å². The van der Waals surface area contributed by atoms with Gasteiger partial charge < -0.3 is 9.64 Å². The number of carbonyl (C=O) groups is 3. The van der Waals surface area contributed by atoms with Crippen molar-refractivity contribution in [1.29, 1.82) is 0 Å². The minimum atomic E-state index is -1.25. The Labute approximate surface area is 186 Å². The van der Waals surface area contributed by atoms with Crippen LogP contribution in [0.5, 0.6) is 0 Å². The van der Waals surface area contributed by atoms with Crippen molar-refractivity contribution < 1.29 is 27.9 Å². The number of likely N-dealkylation sites (tertiary alicyclic amines) is 1. The first-order chi connectivity index (χ1) is 15.1. The Morgan fingerprint density at radius 1 is 1.25 bits per heavy atom. The summed E-state index contributed by atoms with van der Waals surface area (Å²) in [5, 5.41) is 0. The van der Waals surface area contributed by atoms with E-state index in [1.54, 1.807) is 25.7 Å². The van der Waals surface area contributed by atoms with E-state index in [-0.39, 0.29) is 41.4 Å². The summed E-state index contributed by atoms with van der Waals surface area (Å²) in [6.07, 6.45) is 2.14. The number of anilines is 1. The summed E-state index contributed by atoms with van der Waals surface area (Å²) in [6, 6.07) is 0.324. The van der Waals surface area contributed by atoms with Crippen LogP contribution in [-0.4, -0.2) is 48.4 Å². The van der Waals surface area contributed by atoms with Crippen molar-refractivity contribution in [1.82, 2.24) is 4.90 Å². The normalized spacial score (nSPS) is 23.0. The molecule has 2 heterocycles. The highest BCUT2D eigenvalue weighted by Gasteiger charge is 2.54. The fourth-order valence-corrected chi connectivity index (χ4v) is 5.03. The summed E-state index contributed by atoms with van der Waals surface area (Å²) >= 11 is 0. The van der Waals surface area contributed by atoms with E-state index in [4.69, 9.17) is 4.74 Å². The van der Waals surface area contributed by atoms with E-state index >= 15 is 8.78 Å². The number of carbonyl (C=O) groups excluding carboxylic acids is 3. The second kappa shape index (κ2) is 8.12. The zero-order chi connectivity index (χ0) is 23.4. The van der Waals surface area contributed by atoms with E-state index in [2.05, 4.69) is 0 Å². The molecular formula is C24H30F2N2O4. The lowest BCUT2D eigenvalue weighted by Gasteiger charge is -2.27.